The highest BCUT2D eigenvalue weighted by molar-refractivity contribution is 6.05. The Bertz CT molecular complexity index is 1200. The van der Waals surface area contributed by atoms with Gasteiger partial charge in [0, 0.05) is 31.6 Å². The molecule has 8 heteroatoms. The third-order valence-electron chi connectivity index (χ3n) is 4.81. The van der Waals surface area contributed by atoms with Crippen LogP contribution in [0.4, 0.5) is 5.69 Å². The van der Waals surface area contributed by atoms with E-state index in [9.17, 15) is 14.4 Å². The minimum absolute atomic E-state index is 0.0371. The lowest BCUT2D eigenvalue weighted by Crippen LogP contribution is -2.23. The van der Waals surface area contributed by atoms with Crippen molar-refractivity contribution in [3.63, 3.8) is 0 Å². The van der Waals surface area contributed by atoms with Crippen LogP contribution in [-0.2, 0) is 11.3 Å². The van der Waals surface area contributed by atoms with Crippen LogP contribution in [-0.4, -0.2) is 37.0 Å². The van der Waals surface area contributed by atoms with Crippen molar-refractivity contribution in [3.8, 4) is 11.5 Å². The Labute approximate surface area is 185 Å². The van der Waals surface area contributed by atoms with Gasteiger partial charge in [-0.2, -0.15) is 0 Å². The van der Waals surface area contributed by atoms with Gasteiger partial charge in [-0.3, -0.25) is 9.59 Å². The molecule has 0 saturated heterocycles. The second-order valence-corrected chi connectivity index (χ2v) is 7.66. The summed E-state index contributed by atoms with van der Waals surface area (Å²) in [4.78, 5) is 38.3. The molecule has 2 amide bonds. The van der Waals surface area contributed by atoms with Gasteiger partial charge in [0.1, 0.15) is 5.56 Å². The number of fused-ring (bicyclic) bond motifs is 1. The summed E-state index contributed by atoms with van der Waals surface area (Å²) in [5, 5.41) is 3.24. The number of carbonyl (C=O) groups excluding carboxylic acids is 2. The summed E-state index contributed by atoms with van der Waals surface area (Å²) in [7, 11) is 3.21. The molecule has 3 aromatic rings. The molecule has 1 heterocycles. The van der Waals surface area contributed by atoms with E-state index in [4.69, 9.17) is 13.9 Å². The lowest BCUT2D eigenvalue weighted by Gasteiger charge is -2.15. The SMILES string of the molecule is COc1ccc2cc(C(=O)Nc3ccc(CN(C)C(C)=O)cc3)c(=O)oc2c1OC(C)C. The number of amides is 2. The molecule has 1 aromatic heterocycles. The van der Waals surface area contributed by atoms with Crippen LogP contribution in [0.1, 0.15) is 36.7 Å². The Balaban J connectivity index is 1.86. The van der Waals surface area contributed by atoms with Gasteiger partial charge in [0.05, 0.1) is 13.2 Å². The van der Waals surface area contributed by atoms with Crippen molar-refractivity contribution in [2.24, 2.45) is 0 Å². The average molecular weight is 438 g/mol. The molecular formula is C24H26N2O6. The molecule has 0 saturated carbocycles. The van der Waals surface area contributed by atoms with Gasteiger partial charge in [-0.1, -0.05) is 12.1 Å². The monoisotopic (exact) mass is 438 g/mol. The quantitative estimate of drug-likeness (QED) is 0.563. The molecular weight excluding hydrogens is 412 g/mol. The molecule has 0 aliphatic rings. The highest BCUT2D eigenvalue weighted by Crippen LogP contribution is 2.36. The first-order valence-corrected chi connectivity index (χ1v) is 10.1. The zero-order valence-electron chi connectivity index (χ0n) is 18.7. The molecule has 0 fully saturated rings. The van der Waals surface area contributed by atoms with E-state index in [0.29, 0.717) is 29.1 Å². The lowest BCUT2D eigenvalue weighted by molar-refractivity contribution is -0.128. The highest BCUT2D eigenvalue weighted by Gasteiger charge is 2.19. The number of nitrogens with zero attached hydrogens (tertiary/aromatic N) is 1. The summed E-state index contributed by atoms with van der Waals surface area (Å²) >= 11 is 0. The lowest BCUT2D eigenvalue weighted by atomic mass is 10.1. The fraction of sp³-hybridized carbons (Fsp3) is 0.292. The van der Waals surface area contributed by atoms with E-state index in [1.807, 2.05) is 13.8 Å². The van der Waals surface area contributed by atoms with Crippen LogP contribution < -0.4 is 20.4 Å². The van der Waals surface area contributed by atoms with Crippen LogP contribution in [0.5, 0.6) is 11.5 Å². The molecule has 0 aliphatic heterocycles. The Morgan fingerprint density at radius 3 is 2.41 bits per heavy atom. The number of nitrogens with one attached hydrogen (secondary N) is 1. The largest absolute Gasteiger partial charge is 0.493 e. The van der Waals surface area contributed by atoms with Crippen molar-refractivity contribution in [1.29, 1.82) is 0 Å². The second-order valence-electron chi connectivity index (χ2n) is 7.66. The van der Waals surface area contributed by atoms with Crippen molar-refractivity contribution < 1.29 is 23.5 Å². The van der Waals surface area contributed by atoms with Crippen molar-refractivity contribution in [2.45, 2.75) is 33.4 Å². The van der Waals surface area contributed by atoms with E-state index in [1.54, 1.807) is 48.3 Å². The summed E-state index contributed by atoms with van der Waals surface area (Å²) in [5.74, 6) is 0.124. The summed E-state index contributed by atoms with van der Waals surface area (Å²) in [5.41, 5.74) is 0.744. The van der Waals surface area contributed by atoms with E-state index in [0.717, 1.165) is 5.56 Å². The van der Waals surface area contributed by atoms with Gasteiger partial charge in [-0.15, -0.1) is 0 Å². The molecule has 2 aromatic carbocycles. The van der Waals surface area contributed by atoms with Crippen LogP contribution in [0.2, 0.25) is 0 Å². The van der Waals surface area contributed by atoms with Gasteiger partial charge in [0.25, 0.3) is 5.91 Å². The number of methoxy groups -OCH3 is 1. The minimum atomic E-state index is -0.781. The number of ether oxygens (including phenoxy) is 2. The Morgan fingerprint density at radius 1 is 1.12 bits per heavy atom. The summed E-state index contributed by atoms with van der Waals surface area (Å²) in [6.07, 6.45) is -0.166. The average Bonchev–Trinajstić information content (AvgIpc) is 2.74. The van der Waals surface area contributed by atoms with Crippen molar-refractivity contribution in [1.82, 2.24) is 4.90 Å². The molecule has 3 rings (SSSR count). The van der Waals surface area contributed by atoms with Gasteiger partial charge in [-0.05, 0) is 49.7 Å². The van der Waals surface area contributed by atoms with Crippen molar-refractivity contribution >= 4 is 28.5 Å². The summed E-state index contributed by atoms with van der Waals surface area (Å²) < 4.78 is 16.5. The van der Waals surface area contributed by atoms with E-state index >= 15 is 0 Å². The second kappa shape index (κ2) is 9.55. The van der Waals surface area contributed by atoms with Crippen molar-refractivity contribution in [3.05, 3.63) is 64.0 Å². The first kappa shape index (κ1) is 22.9. The van der Waals surface area contributed by atoms with Gasteiger partial charge in [0.15, 0.2) is 11.3 Å². The minimum Gasteiger partial charge on any atom is -0.493 e. The summed E-state index contributed by atoms with van der Waals surface area (Å²) in [6, 6.07) is 11.9. The van der Waals surface area contributed by atoms with Crippen LogP contribution in [0, 0.1) is 0 Å². The smallest absolute Gasteiger partial charge is 0.349 e. The Hall–Kier alpha value is -3.81. The first-order valence-electron chi connectivity index (χ1n) is 10.1. The number of rotatable bonds is 7. The molecule has 0 atom stereocenters. The highest BCUT2D eigenvalue weighted by atomic mass is 16.5. The molecule has 0 bridgehead atoms. The van der Waals surface area contributed by atoms with Gasteiger partial charge in [0.2, 0.25) is 11.7 Å². The number of hydrogen-bond acceptors (Lipinski definition) is 6. The standard InChI is InChI=1S/C24H26N2O6/c1-14(2)31-22-20(30-5)11-8-17-12-19(24(29)32-21(17)22)23(28)25-18-9-6-16(7-10-18)13-26(4)15(3)27/h6-12,14H,13H2,1-5H3,(H,25,28). The van der Waals surface area contributed by atoms with Gasteiger partial charge >= 0.3 is 5.63 Å². The van der Waals surface area contributed by atoms with E-state index in [1.165, 1.54) is 20.1 Å². The van der Waals surface area contributed by atoms with Gasteiger partial charge < -0.3 is 24.1 Å². The first-order chi connectivity index (χ1) is 15.2. The van der Waals surface area contributed by atoms with Crippen LogP contribution >= 0.6 is 0 Å². The maximum Gasteiger partial charge on any atom is 0.349 e. The zero-order valence-corrected chi connectivity index (χ0v) is 18.7. The van der Waals surface area contributed by atoms with Crippen LogP contribution in [0.15, 0.2) is 51.7 Å². The molecule has 0 aliphatic carbocycles. The van der Waals surface area contributed by atoms with E-state index in [2.05, 4.69) is 5.32 Å². The predicted molar refractivity (Wildman–Crippen MR) is 121 cm³/mol. The molecule has 0 spiro atoms. The number of benzene rings is 2. The van der Waals surface area contributed by atoms with E-state index < -0.39 is 11.5 Å². The fourth-order valence-corrected chi connectivity index (χ4v) is 3.08. The third kappa shape index (κ3) is 5.08. The normalized spacial score (nSPS) is 10.8. The molecule has 0 unspecified atom stereocenters. The van der Waals surface area contributed by atoms with Crippen LogP contribution in [0.25, 0.3) is 11.0 Å². The fourth-order valence-electron chi connectivity index (χ4n) is 3.08. The van der Waals surface area contributed by atoms with Gasteiger partial charge in [-0.25, -0.2) is 4.79 Å². The molecule has 1 N–H and O–H groups in total. The third-order valence-corrected chi connectivity index (χ3v) is 4.81. The molecule has 32 heavy (non-hydrogen) atoms. The molecule has 8 nitrogen and oxygen atoms in total. The predicted octanol–water partition coefficient (Wildman–Crippen LogP) is 3.82. The number of carbonyl (C=O) groups is 2. The Kier molecular flexibility index (Phi) is 6.82. The maximum atomic E-state index is 12.7. The van der Waals surface area contributed by atoms with Crippen molar-refractivity contribution in [2.75, 3.05) is 19.5 Å². The molecule has 0 radical (unpaired) electrons. The molecule has 168 valence electrons. The number of hydrogen-bond donors (Lipinski definition) is 1. The summed E-state index contributed by atoms with van der Waals surface area (Å²) in [6.45, 7) is 5.66. The maximum absolute atomic E-state index is 12.7. The number of anilines is 1. The Morgan fingerprint density at radius 2 is 1.81 bits per heavy atom. The van der Waals surface area contributed by atoms with E-state index in [-0.39, 0.29) is 23.2 Å². The zero-order chi connectivity index (χ0) is 23.4. The van der Waals surface area contributed by atoms with Crippen LogP contribution in [0.3, 0.4) is 0 Å². The topological polar surface area (TPSA) is 98.1 Å².